The van der Waals surface area contributed by atoms with Gasteiger partial charge in [-0.05, 0) is 24.1 Å². The molecule has 0 fully saturated rings. The quantitative estimate of drug-likeness (QED) is 0.735. The van der Waals surface area contributed by atoms with E-state index < -0.39 is 6.10 Å². The maximum atomic E-state index is 9.54. The average Bonchev–Trinajstić information content (AvgIpc) is 2.88. The van der Waals surface area contributed by atoms with Crippen LogP contribution in [0, 0.1) is 0 Å². The Morgan fingerprint density at radius 2 is 2.35 bits per heavy atom. The summed E-state index contributed by atoms with van der Waals surface area (Å²) in [5, 5.41) is 9.54. The Hall–Kier alpha value is -1.43. The van der Waals surface area contributed by atoms with Crippen molar-refractivity contribution in [1.82, 2.24) is 9.38 Å². The van der Waals surface area contributed by atoms with Crippen LogP contribution in [0.1, 0.15) is 5.56 Å². The summed E-state index contributed by atoms with van der Waals surface area (Å²) >= 11 is 1.66. The van der Waals surface area contributed by atoms with Gasteiger partial charge < -0.3 is 10.8 Å². The Bertz CT molecular complexity index is 658. The molecule has 0 amide bonds. The summed E-state index contributed by atoms with van der Waals surface area (Å²) < 4.78 is 3.26. The number of fused-ring (bicyclic) bond motifs is 3. The lowest BCUT2D eigenvalue weighted by molar-refractivity contribution is 0.183. The van der Waals surface area contributed by atoms with Gasteiger partial charge in [0, 0.05) is 18.9 Å². The highest BCUT2D eigenvalue weighted by Crippen LogP contribution is 2.26. The first-order valence-corrected chi connectivity index (χ1v) is 6.32. The second-order valence-electron chi connectivity index (χ2n) is 4.08. The van der Waals surface area contributed by atoms with Crippen molar-refractivity contribution in [3.05, 3.63) is 36.2 Å². The Labute approximate surface area is 102 Å². The van der Waals surface area contributed by atoms with Crippen LogP contribution in [0.25, 0.3) is 15.2 Å². The number of nitrogens with zero attached hydrogens (tertiary/aromatic N) is 2. The van der Waals surface area contributed by atoms with Gasteiger partial charge >= 0.3 is 0 Å². The maximum Gasteiger partial charge on any atom is 0.194 e. The highest BCUT2D eigenvalue weighted by molar-refractivity contribution is 7.23. The lowest BCUT2D eigenvalue weighted by Gasteiger charge is -2.07. The minimum Gasteiger partial charge on any atom is -0.391 e. The summed E-state index contributed by atoms with van der Waals surface area (Å²) in [4.78, 5) is 5.27. The van der Waals surface area contributed by atoms with Gasteiger partial charge in [-0.1, -0.05) is 17.4 Å². The van der Waals surface area contributed by atoms with Crippen LogP contribution in [0.3, 0.4) is 0 Å². The summed E-state index contributed by atoms with van der Waals surface area (Å²) in [7, 11) is 0. The van der Waals surface area contributed by atoms with Gasteiger partial charge in [0.15, 0.2) is 4.96 Å². The average molecular weight is 247 g/mol. The van der Waals surface area contributed by atoms with E-state index >= 15 is 0 Å². The zero-order chi connectivity index (χ0) is 11.8. The third-order valence-corrected chi connectivity index (χ3v) is 3.87. The molecule has 2 heterocycles. The summed E-state index contributed by atoms with van der Waals surface area (Å²) in [5.41, 5.74) is 7.69. The molecule has 1 aromatic carbocycles. The minimum atomic E-state index is -0.462. The first kappa shape index (κ1) is 10.7. The highest BCUT2D eigenvalue weighted by atomic mass is 32.1. The number of nitrogens with two attached hydrogens (primary N) is 1. The van der Waals surface area contributed by atoms with Crippen molar-refractivity contribution in [2.75, 3.05) is 6.54 Å². The van der Waals surface area contributed by atoms with Crippen LogP contribution in [-0.4, -0.2) is 27.1 Å². The summed E-state index contributed by atoms with van der Waals surface area (Å²) in [6, 6.07) is 6.21. The molecule has 0 aliphatic carbocycles. The van der Waals surface area contributed by atoms with E-state index in [0.29, 0.717) is 13.0 Å². The van der Waals surface area contributed by atoms with E-state index in [4.69, 9.17) is 5.73 Å². The molecular formula is C12H13N3OS. The molecule has 1 unspecified atom stereocenters. The van der Waals surface area contributed by atoms with Crippen LogP contribution < -0.4 is 5.73 Å². The lowest BCUT2D eigenvalue weighted by atomic mass is 10.1. The normalized spacial score (nSPS) is 13.5. The van der Waals surface area contributed by atoms with Crippen LogP contribution in [-0.2, 0) is 6.42 Å². The predicted molar refractivity (Wildman–Crippen MR) is 69.3 cm³/mol. The molecule has 0 saturated heterocycles. The number of thiazole rings is 1. The minimum absolute atomic E-state index is 0.297. The van der Waals surface area contributed by atoms with E-state index in [9.17, 15) is 5.11 Å². The van der Waals surface area contributed by atoms with Crippen molar-refractivity contribution >= 4 is 26.5 Å². The van der Waals surface area contributed by atoms with E-state index in [2.05, 4.69) is 21.5 Å². The number of benzene rings is 1. The van der Waals surface area contributed by atoms with Crippen molar-refractivity contribution < 1.29 is 5.11 Å². The van der Waals surface area contributed by atoms with Gasteiger partial charge in [-0.2, -0.15) is 0 Å². The predicted octanol–water partition coefficient (Wildman–Crippen LogP) is 1.41. The number of aromatic nitrogens is 2. The van der Waals surface area contributed by atoms with Gasteiger partial charge in [0.2, 0.25) is 0 Å². The van der Waals surface area contributed by atoms with Crippen molar-refractivity contribution in [3.63, 3.8) is 0 Å². The van der Waals surface area contributed by atoms with Crippen molar-refractivity contribution in [3.8, 4) is 0 Å². The van der Waals surface area contributed by atoms with Crippen LogP contribution in [0.15, 0.2) is 30.6 Å². The highest BCUT2D eigenvalue weighted by Gasteiger charge is 2.08. The zero-order valence-electron chi connectivity index (χ0n) is 9.21. The van der Waals surface area contributed by atoms with E-state index in [-0.39, 0.29) is 0 Å². The monoisotopic (exact) mass is 247 g/mol. The van der Waals surface area contributed by atoms with Gasteiger partial charge in [-0.25, -0.2) is 4.98 Å². The number of hydrogen-bond acceptors (Lipinski definition) is 4. The smallest absolute Gasteiger partial charge is 0.194 e. The van der Waals surface area contributed by atoms with Crippen molar-refractivity contribution in [2.45, 2.75) is 12.5 Å². The number of aliphatic hydroxyl groups is 1. The number of hydrogen-bond donors (Lipinski definition) is 2. The van der Waals surface area contributed by atoms with E-state index in [1.807, 2.05) is 12.3 Å². The van der Waals surface area contributed by atoms with Crippen molar-refractivity contribution in [1.29, 1.82) is 0 Å². The molecule has 5 heteroatoms. The molecular weight excluding hydrogens is 234 g/mol. The van der Waals surface area contributed by atoms with Gasteiger partial charge in [-0.3, -0.25) is 4.40 Å². The Kier molecular flexibility index (Phi) is 2.58. The number of imidazole rings is 1. The number of rotatable bonds is 3. The van der Waals surface area contributed by atoms with Gasteiger partial charge in [0.1, 0.15) is 0 Å². The summed E-state index contributed by atoms with van der Waals surface area (Å²) in [5.74, 6) is 0. The molecule has 0 aliphatic rings. The standard InChI is InChI=1S/C12H13N3OS/c13-7-9(16)5-8-1-2-10-11(6-8)17-12-14-3-4-15(10)12/h1-4,6,9,16H,5,7,13H2. The van der Waals surface area contributed by atoms with Gasteiger partial charge in [0.05, 0.1) is 16.3 Å². The summed E-state index contributed by atoms with van der Waals surface area (Å²) in [6.45, 7) is 0.297. The molecule has 1 atom stereocenters. The molecule has 3 N–H and O–H groups in total. The zero-order valence-corrected chi connectivity index (χ0v) is 10.0. The molecule has 0 aliphatic heterocycles. The number of aliphatic hydroxyl groups excluding tert-OH is 1. The largest absolute Gasteiger partial charge is 0.391 e. The lowest BCUT2D eigenvalue weighted by Crippen LogP contribution is -2.21. The fraction of sp³-hybridized carbons (Fsp3) is 0.250. The van der Waals surface area contributed by atoms with Gasteiger partial charge in [0.25, 0.3) is 0 Å². The van der Waals surface area contributed by atoms with Crippen LogP contribution in [0.5, 0.6) is 0 Å². The molecule has 4 nitrogen and oxygen atoms in total. The third-order valence-electron chi connectivity index (χ3n) is 2.84. The molecule has 0 spiro atoms. The third kappa shape index (κ3) is 1.82. The Morgan fingerprint density at radius 1 is 1.47 bits per heavy atom. The molecule has 0 bridgehead atoms. The maximum absolute atomic E-state index is 9.54. The fourth-order valence-corrected chi connectivity index (χ4v) is 3.02. The van der Waals surface area contributed by atoms with Crippen LogP contribution >= 0.6 is 11.3 Å². The first-order valence-electron chi connectivity index (χ1n) is 5.50. The molecule has 2 aromatic heterocycles. The van der Waals surface area contributed by atoms with E-state index in [1.54, 1.807) is 17.5 Å². The second-order valence-corrected chi connectivity index (χ2v) is 5.09. The Balaban J connectivity index is 2.06. The fourth-order valence-electron chi connectivity index (χ4n) is 1.97. The van der Waals surface area contributed by atoms with Gasteiger partial charge in [-0.15, -0.1) is 0 Å². The molecule has 17 heavy (non-hydrogen) atoms. The molecule has 0 saturated carbocycles. The summed E-state index contributed by atoms with van der Waals surface area (Å²) in [6.07, 6.45) is 3.91. The van der Waals surface area contributed by atoms with E-state index in [1.165, 1.54) is 4.70 Å². The van der Waals surface area contributed by atoms with Crippen LogP contribution in [0.4, 0.5) is 0 Å². The Morgan fingerprint density at radius 3 is 3.18 bits per heavy atom. The van der Waals surface area contributed by atoms with Crippen molar-refractivity contribution in [2.24, 2.45) is 5.73 Å². The SMILES string of the molecule is NCC(O)Cc1ccc2c(c1)sc1nccn12. The van der Waals surface area contributed by atoms with E-state index in [0.717, 1.165) is 16.0 Å². The van der Waals surface area contributed by atoms with Crippen LogP contribution in [0.2, 0.25) is 0 Å². The second kappa shape index (κ2) is 4.10. The topological polar surface area (TPSA) is 63.5 Å². The first-order chi connectivity index (χ1) is 8.28. The molecule has 3 aromatic rings. The molecule has 3 rings (SSSR count). The molecule has 0 radical (unpaired) electrons. The molecule has 88 valence electrons.